The maximum Gasteiger partial charge on any atom is 0.0623 e. The summed E-state index contributed by atoms with van der Waals surface area (Å²) >= 11 is 1.86. The summed E-state index contributed by atoms with van der Waals surface area (Å²) in [5, 5.41) is 5.59. The van der Waals surface area contributed by atoms with E-state index in [9.17, 15) is 0 Å². The number of methoxy groups -OCH3 is 1. The van der Waals surface area contributed by atoms with Crippen LogP contribution in [0, 0.1) is 0 Å². The van der Waals surface area contributed by atoms with Gasteiger partial charge in [0.2, 0.25) is 0 Å². The number of nitrogens with one attached hydrogen (secondary N) is 1. The topological polar surface area (TPSA) is 21.3 Å². The SMILES string of the molecule is CNC(CCCc1cccs1)CCC(C)(C)OC. The van der Waals surface area contributed by atoms with E-state index in [4.69, 9.17) is 4.74 Å². The van der Waals surface area contributed by atoms with Crippen molar-refractivity contribution >= 4 is 11.3 Å². The van der Waals surface area contributed by atoms with Crippen molar-refractivity contribution in [2.24, 2.45) is 0 Å². The summed E-state index contributed by atoms with van der Waals surface area (Å²) in [5.41, 5.74) is 0.00283. The van der Waals surface area contributed by atoms with E-state index in [-0.39, 0.29) is 5.60 Å². The summed E-state index contributed by atoms with van der Waals surface area (Å²) in [5.74, 6) is 0. The Kier molecular flexibility index (Phi) is 6.90. The zero-order valence-electron chi connectivity index (χ0n) is 12.2. The molecule has 0 aliphatic carbocycles. The molecule has 0 spiro atoms. The highest BCUT2D eigenvalue weighted by Crippen LogP contribution is 2.19. The third-order valence-electron chi connectivity index (χ3n) is 3.61. The van der Waals surface area contributed by atoms with Crippen LogP contribution in [-0.4, -0.2) is 25.8 Å². The van der Waals surface area contributed by atoms with E-state index in [1.54, 1.807) is 7.11 Å². The molecule has 1 atom stereocenters. The monoisotopic (exact) mass is 269 g/mol. The predicted octanol–water partition coefficient (Wildman–Crippen LogP) is 3.86. The predicted molar refractivity (Wildman–Crippen MR) is 80.4 cm³/mol. The lowest BCUT2D eigenvalue weighted by molar-refractivity contribution is 0.0116. The van der Waals surface area contributed by atoms with Crippen molar-refractivity contribution in [2.45, 2.75) is 57.6 Å². The molecule has 104 valence electrons. The molecular formula is C15H27NOS. The van der Waals surface area contributed by atoms with E-state index in [1.807, 2.05) is 11.3 Å². The van der Waals surface area contributed by atoms with Gasteiger partial charge in [0.25, 0.3) is 0 Å². The van der Waals surface area contributed by atoms with Crippen molar-refractivity contribution in [2.75, 3.05) is 14.2 Å². The molecule has 0 fully saturated rings. The molecule has 1 rings (SSSR count). The van der Waals surface area contributed by atoms with Gasteiger partial charge in [-0.2, -0.15) is 0 Å². The van der Waals surface area contributed by atoms with Gasteiger partial charge in [-0.25, -0.2) is 0 Å². The van der Waals surface area contributed by atoms with Crippen LogP contribution in [0.1, 0.15) is 44.4 Å². The lowest BCUT2D eigenvalue weighted by Gasteiger charge is -2.25. The highest BCUT2D eigenvalue weighted by Gasteiger charge is 2.18. The maximum atomic E-state index is 5.47. The summed E-state index contributed by atoms with van der Waals surface area (Å²) in [7, 11) is 3.86. The molecule has 18 heavy (non-hydrogen) atoms. The van der Waals surface area contributed by atoms with Crippen LogP contribution >= 0.6 is 11.3 Å². The van der Waals surface area contributed by atoms with E-state index in [1.165, 1.54) is 30.6 Å². The molecule has 1 N–H and O–H groups in total. The third kappa shape index (κ3) is 5.98. The van der Waals surface area contributed by atoms with Crippen LogP contribution in [0.2, 0.25) is 0 Å². The molecular weight excluding hydrogens is 242 g/mol. The van der Waals surface area contributed by atoms with E-state index in [0.29, 0.717) is 6.04 Å². The number of rotatable bonds is 9. The molecule has 0 aliphatic rings. The smallest absolute Gasteiger partial charge is 0.0623 e. The normalized spacial score (nSPS) is 13.8. The first-order valence-electron chi connectivity index (χ1n) is 6.82. The van der Waals surface area contributed by atoms with Crippen molar-refractivity contribution < 1.29 is 4.74 Å². The Bertz CT molecular complexity index is 308. The molecule has 1 aromatic rings. The molecule has 1 heterocycles. The quantitative estimate of drug-likeness (QED) is 0.735. The van der Waals surface area contributed by atoms with E-state index < -0.39 is 0 Å². The Morgan fingerprint density at radius 1 is 1.39 bits per heavy atom. The molecule has 0 saturated heterocycles. The zero-order valence-corrected chi connectivity index (χ0v) is 13.0. The molecule has 0 aliphatic heterocycles. The lowest BCUT2D eigenvalue weighted by atomic mass is 9.96. The van der Waals surface area contributed by atoms with Gasteiger partial charge >= 0.3 is 0 Å². The van der Waals surface area contributed by atoms with Gasteiger partial charge in [0.15, 0.2) is 0 Å². The van der Waals surface area contributed by atoms with Crippen LogP contribution in [0.3, 0.4) is 0 Å². The molecule has 0 saturated carbocycles. The van der Waals surface area contributed by atoms with Crippen molar-refractivity contribution in [3.05, 3.63) is 22.4 Å². The Morgan fingerprint density at radius 2 is 2.17 bits per heavy atom. The van der Waals surface area contributed by atoms with Gasteiger partial charge in [-0.1, -0.05) is 6.07 Å². The van der Waals surface area contributed by atoms with Crippen molar-refractivity contribution in [1.82, 2.24) is 5.32 Å². The number of ether oxygens (including phenoxy) is 1. The number of hydrogen-bond donors (Lipinski definition) is 1. The van der Waals surface area contributed by atoms with E-state index in [2.05, 4.69) is 43.7 Å². The minimum absolute atomic E-state index is 0.00283. The van der Waals surface area contributed by atoms with Crippen LogP contribution < -0.4 is 5.32 Å². The molecule has 2 nitrogen and oxygen atoms in total. The Labute approximate surface area is 116 Å². The highest BCUT2D eigenvalue weighted by molar-refractivity contribution is 7.09. The number of aryl methyl sites for hydroxylation is 1. The number of hydrogen-bond acceptors (Lipinski definition) is 3. The molecule has 0 radical (unpaired) electrons. The van der Waals surface area contributed by atoms with Gasteiger partial charge in [-0.05, 0) is 64.4 Å². The minimum Gasteiger partial charge on any atom is -0.379 e. The van der Waals surface area contributed by atoms with Gasteiger partial charge < -0.3 is 10.1 Å². The largest absolute Gasteiger partial charge is 0.379 e. The van der Waals surface area contributed by atoms with Gasteiger partial charge in [0.05, 0.1) is 5.60 Å². The Balaban J connectivity index is 2.21. The molecule has 3 heteroatoms. The average molecular weight is 269 g/mol. The second kappa shape index (κ2) is 7.93. The Morgan fingerprint density at radius 3 is 2.72 bits per heavy atom. The second-order valence-electron chi connectivity index (χ2n) is 5.46. The summed E-state index contributed by atoms with van der Waals surface area (Å²) in [4.78, 5) is 1.50. The summed E-state index contributed by atoms with van der Waals surface area (Å²) in [6, 6.07) is 4.98. The van der Waals surface area contributed by atoms with E-state index >= 15 is 0 Å². The Hall–Kier alpha value is -0.380. The standard InChI is InChI=1S/C15H27NOS/c1-15(2,17-4)11-10-13(16-3)7-5-8-14-9-6-12-18-14/h6,9,12-13,16H,5,7-8,10-11H2,1-4H3. The first-order chi connectivity index (χ1) is 8.57. The van der Waals surface area contributed by atoms with Crippen LogP contribution in [0.15, 0.2) is 17.5 Å². The fraction of sp³-hybridized carbons (Fsp3) is 0.733. The van der Waals surface area contributed by atoms with Crippen LogP contribution in [0.25, 0.3) is 0 Å². The minimum atomic E-state index is 0.00283. The van der Waals surface area contributed by atoms with Gasteiger partial charge in [0.1, 0.15) is 0 Å². The van der Waals surface area contributed by atoms with Crippen molar-refractivity contribution in [1.29, 1.82) is 0 Å². The van der Waals surface area contributed by atoms with Crippen LogP contribution in [-0.2, 0) is 11.2 Å². The first-order valence-corrected chi connectivity index (χ1v) is 7.70. The molecule has 0 amide bonds. The highest BCUT2D eigenvalue weighted by atomic mass is 32.1. The van der Waals surface area contributed by atoms with Crippen LogP contribution in [0.4, 0.5) is 0 Å². The zero-order chi connectivity index (χ0) is 13.4. The summed E-state index contributed by atoms with van der Waals surface area (Å²) in [6.45, 7) is 4.32. The molecule has 1 unspecified atom stereocenters. The maximum absolute atomic E-state index is 5.47. The van der Waals surface area contributed by atoms with Gasteiger partial charge in [0, 0.05) is 18.0 Å². The molecule has 1 aromatic heterocycles. The summed E-state index contributed by atoms with van der Waals surface area (Å²) in [6.07, 6.45) is 6.01. The van der Waals surface area contributed by atoms with Crippen molar-refractivity contribution in [3.63, 3.8) is 0 Å². The lowest BCUT2D eigenvalue weighted by Crippen LogP contribution is -2.30. The second-order valence-corrected chi connectivity index (χ2v) is 6.49. The van der Waals surface area contributed by atoms with E-state index in [0.717, 1.165) is 6.42 Å². The van der Waals surface area contributed by atoms with Gasteiger partial charge in [-0.3, -0.25) is 0 Å². The molecule has 0 aromatic carbocycles. The fourth-order valence-corrected chi connectivity index (χ4v) is 2.79. The van der Waals surface area contributed by atoms with Crippen LogP contribution in [0.5, 0.6) is 0 Å². The average Bonchev–Trinajstić information content (AvgIpc) is 2.86. The molecule has 0 bridgehead atoms. The third-order valence-corrected chi connectivity index (χ3v) is 4.55. The van der Waals surface area contributed by atoms with Gasteiger partial charge in [-0.15, -0.1) is 11.3 Å². The number of thiophene rings is 1. The van der Waals surface area contributed by atoms with Crippen molar-refractivity contribution in [3.8, 4) is 0 Å². The fourth-order valence-electron chi connectivity index (χ4n) is 2.03. The first kappa shape index (κ1) is 15.7. The summed E-state index contributed by atoms with van der Waals surface area (Å²) < 4.78 is 5.47.